The number of amides is 2. The summed E-state index contributed by atoms with van der Waals surface area (Å²) in [5, 5.41) is 14.8. The van der Waals surface area contributed by atoms with Gasteiger partial charge in [-0.15, -0.1) is 0 Å². The van der Waals surface area contributed by atoms with Crippen LogP contribution in [0.4, 0.5) is 21.9 Å². The van der Waals surface area contributed by atoms with E-state index in [0.29, 0.717) is 28.4 Å². The summed E-state index contributed by atoms with van der Waals surface area (Å²) < 4.78 is 11.6. The molecular formula is C29H33N3O5. The highest BCUT2D eigenvalue weighted by molar-refractivity contribution is 6.01. The van der Waals surface area contributed by atoms with E-state index in [0.717, 1.165) is 5.56 Å². The number of benzene rings is 3. The van der Waals surface area contributed by atoms with Crippen molar-refractivity contribution in [3.8, 4) is 5.75 Å². The minimum atomic E-state index is -0.844. The number of para-hydroxylation sites is 3. The van der Waals surface area contributed by atoms with E-state index in [-0.39, 0.29) is 19.1 Å². The summed E-state index contributed by atoms with van der Waals surface area (Å²) in [5.41, 5.74) is 8.28. The van der Waals surface area contributed by atoms with E-state index in [1.54, 1.807) is 66.7 Å². The van der Waals surface area contributed by atoms with Crippen molar-refractivity contribution in [2.75, 3.05) is 29.6 Å². The molecule has 0 aromatic heterocycles. The fourth-order valence-corrected chi connectivity index (χ4v) is 3.65. The summed E-state index contributed by atoms with van der Waals surface area (Å²) in [4.78, 5) is 25.6. The first-order valence-electron chi connectivity index (χ1n) is 11.9. The zero-order valence-electron chi connectivity index (χ0n) is 21.2. The third-order valence-electron chi connectivity index (χ3n) is 5.63. The van der Waals surface area contributed by atoms with Crippen LogP contribution in [0.15, 0.2) is 84.9 Å². The van der Waals surface area contributed by atoms with Crippen LogP contribution in [-0.4, -0.2) is 30.3 Å². The average molecular weight is 504 g/mol. The van der Waals surface area contributed by atoms with Crippen LogP contribution < -0.4 is 21.1 Å². The van der Waals surface area contributed by atoms with Gasteiger partial charge in [-0.05, 0) is 43.3 Å². The monoisotopic (exact) mass is 503 g/mol. The second kappa shape index (κ2) is 12.6. The van der Waals surface area contributed by atoms with Gasteiger partial charge in [0, 0.05) is 16.7 Å². The number of carbonyl (C=O) groups is 2. The molecule has 5 N–H and O–H groups in total. The molecule has 0 saturated heterocycles. The Morgan fingerprint density at radius 2 is 1.68 bits per heavy atom. The number of aliphatic hydroxyl groups excluding tert-OH is 1. The van der Waals surface area contributed by atoms with Crippen LogP contribution in [-0.2, 0) is 9.53 Å². The maximum Gasteiger partial charge on any atom is 0.412 e. The molecule has 3 aromatic carbocycles. The molecule has 2 amide bonds. The van der Waals surface area contributed by atoms with Crippen LogP contribution in [0, 0.1) is 12.3 Å². The Morgan fingerprint density at radius 1 is 1.00 bits per heavy atom. The third-order valence-corrected chi connectivity index (χ3v) is 5.63. The Kier molecular flexibility index (Phi) is 9.29. The molecule has 0 bridgehead atoms. The Hall–Kier alpha value is -4.30. The first kappa shape index (κ1) is 27.3. The highest BCUT2D eigenvalue weighted by Crippen LogP contribution is 2.42. The van der Waals surface area contributed by atoms with Crippen LogP contribution in [0.25, 0.3) is 0 Å². The maximum atomic E-state index is 12.9. The Morgan fingerprint density at radius 3 is 2.38 bits per heavy atom. The van der Waals surface area contributed by atoms with Gasteiger partial charge in [-0.25, -0.2) is 4.79 Å². The highest BCUT2D eigenvalue weighted by atomic mass is 16.6. The van der Waals surface area contributed by atoms with Gasteiger partial charge in [0.1, 0.15) is 18.5 Å². The molecule has 8 heteroatoms. The van der Waals surface area contributed by atoms with Crippen molar-refractivity contribution >= 4 is 29.1 Å². The number of nitrogens with two attached hydrogens (primary N) is 1. The van der Waals surface area contributed by atoms with Crippen molar-refractivity contribution < 1.29 is 24.2 Å². The molecular weight excluding hydrogens is 470 g/mol. The van der Waals surface area contributed by atoms with E-state index >= 15 is 0 Å². The molecule has 0 saturated carbocycles. The summed E-state index contributed by atoms with van der Waals surface area (Å²) in [6, 6.07) is 21.4. The van der Waals surface area contributed by atoms with Crippen molar-refractivity contribution in [3.63, 3.8) is 0 Å². The summed E-state index contributed by atoms with van der Waals surface area (Å²) >= 11 is 0. The molecule has 0 aliphatic rings. The number of carbonyl (C=O) groups excluding carboxylic acids is 2. The fraction of sp³-hybridized carbons (Fsp3) is 0.241. The van der Waals surface area contributed by atoms with E-state index in [9.17, 15) is 14.7 Å². The normalized spacial score (nSPS) is 12.1. The minimum absolute atomic E-state index is 0.0798. The second-order valence-electron chi connectivity index (χ2n) is 9.12. The predicted octanol–water partition coefficient (Wildman–Crippen LogP) is 5.46. The molecule has 0 aliphatic heterocycles. The number of anilines is 3. The van der Waals surface area contributed by atoms with Crippen molar-refractivity contribution in [2.24, 2.45) is 5.41 Å². The van der Waals surface area contributed by atoms with Gasteiger partial charge in [-0.2, -0.15) is 0 Å². The SMILES string of the molecule is Cc1ccc(NC(=O)O[C@H](c2ccccc2OCCO)C(C)(C)/C=C/C(=O)Nc2ccccc2N)cc1. The lowest BCUT2D eigenvalue weighted by Gasteiger charge is -2.32. The van der Waals surface area contributed by atoms with Gasteiger partial charge in [0.2, 0.25) is 5.91 Å². The van der Waals surface area contributed by atoms with Gasteiger partial charge >= 0.3 is 6.09 Å². The van der Waals surface area contributed by atoms with E-state index in [2.05, 4.69) is 10.6 Å². The zero-order chi connectivity index (χ0) is 26.8. The Balaban J connectivity index is 1.87. The minimum Gasteiger partial charge on any atom is -0.491 e. The van der Waals surface area contributed by atoms with Crippen LogP contribution in [0.3, 0.4) is 0 Å². The standard InChI is InChI=1S/C29H33N3O5/c1-20-12-14-21(15-13-20)31-28(35)37-27(22-8-4-7-11-25(22)36-19-18-33)29(2,3)17-16-26(34)32-24-10-6-5-9-23(24)30/h4-17,27,33H,18-19,30H2,1-3H3,(H,31,35)(H,32,34)/b17-16+/t27-/m1/s1. The summed E-state index contributed by atoms with van der Waals surface area (Å²) in [5.74, 6) is 0.0892. The number of nitrogens with one attached hydrogen (secondary N) is 2. The molecule has 3 aromatic rings. The first-order chi connectivity index (χ1) is 17.7. The number of hydrogen-bond donors (Lipinski definition) is 4. The van der Waals surface area contributed by atoms with E-state index in [1.165, 1.54) is 6.08 Å². The Labute approximate surface area is 217 Å². The summed E-state index contributed by atoms with van der Waals surface area (Å²) in [7, 11) is 0. The molecule has 0 unspecified atom stereocenters. The molecule has 194 valence electrons. The van der Waals surface area contributed by atoms with Crippen LogP contribution in [0.1, 0.15) is 31.1 Å². The lowest BCUT2D eigenvalue weighted by atomic mass is 9.81. The van der Waals surface area contributed by atoms with Crippen LogP contribution in [0.2, 0.25) is 0 Å². The van der Waals surface area contributed by atoms with Gasteiger partial charge < -0.3 is 25.6 Å². The van der Waals surface area contributed by atoms with Gasteiger partial charge in [0.05, 0.1) is 18.0 Å². The summed E-state index contributed by atoms with van der Waals surface area (Å²) in [6.45, 7) is 5.56. The molecule has 0 spiro atoms. The summed E-state index contributed by atoms with van der Waals surface area (Å²) in [6.07, 6.45) is 1.57. The molecule has 1 atom stereocenters. The quantitative estimate of drug-likeness (QED) is 0.215. The molecule has 0 aliphatic carbocycles. The second-order valence-corrected chi connectivity index (χ2v) is 9.12. The predicted molar refractivity (Wildman–Crippen MR) is 145 cm³/mol. The van der Waals surface area contributed by atoms with Crippen molar-refractivity contribution in [1.29, 1.82) is 0 Å². The molecule has 0 fully saturated rings. The molecule has 37 heavy (non-hydrogen) atoms. The van der Waals surface area contributed by atoms with Crippen LogP contribution >= 0.6 is 0 Å². The van der Waals surface area contributed by atoms with Crippen molar-refractivity contribution in [2.45, 2.75) is 26.9 Å². The number of nitrogen functional groups attached to an aromatic ring is 1. The topological polar surface area (TPSA) is 123 Å². The molecule has 8 nitrogen and oxygen atoms in total. The Bertz CT molecular complexity index is 1240. The average Bonchev–Trinajstić information content (AvgIpc) is 2.88. The number of aliphatic hydroxyl groups is 1. The smallest absolute Gasteiger partial charge is 0.412 e. The van der Waals surface area contributed by atoms with Crippen molar-refractivity contribution in [3.05, 3.63) is 96.1 Å². The van der Waals surface area contributed by atoms with Gasteiger partial charge in [-0.3, -0.25) is 10.1 Å². The fourth-order valence-electron chi connectivity index (χ4n) is 3.65. The van der Waals surface area contributed by atoms with Crippen molar-refractivity contribution in [1.82, 2.24) is 0 Å². The zero-order valence-corrected chi connectivity index (χ0v) is 21.2. The van der Waals surface area contributed by atoms with E-state index < -0.39 is 17.6 Å². The molecule has 0 radical (unpaired) electrons. The third kappa shape index (κ3) is 7.85. The molecule has 0 heterocycles. The lowest BCUT2D eigenvalue weighted by Crippen LogP contribution is -2.28. The largest absolute Gasteiger partial charge is 0.491 e. The lowest BCUT2D eigenvalue weighted by molar-refractivity contribution is -0.112. The maximum absolute atomic E-state index is 12.9. The van der Waals surface area contributed by atoms with E-state index in [1.807, 2.05) is 32.9 Å². The number of rotatable bonds is 10. The van der Waals surface area contributed by atoms with E-state index in [4.69, 9.17) is 15.2 Å². The van der Waals surface area contributed by atoms with Gasteiger partial charge in [0.15, 0.2) is 0 Å². The van der Waals surface area contributed by atoms with Crippen LogP contribution in [0.5, 0.6) is 5.75 Å². The molecule has 3 rings (SSSR count). The van der Waals surface area contributed by atoms with Gasteiger partial charge in [-0.1, -0.05) is 68.0 Å². The first-order valence-corrected chi connectivity index (χ1v) is 11.9. The highest BCUT2D eigenvalue weighted by Gasteiger charge is 2.34. The number of hydrogen-bond acceptors (Lipinski definition) is 6. The number of aryl methyl sites for hydroxylation is 1. The van der Waals surface area contributed by atoms with Gasteiger partial charge in [0.25, 0.3) is 0 Å². The number of ether oxygens (including phenoxy) is 2.